The third-order valence-electron chi connectivity index (χ3n) is 3.81. The number of halogens is 3. The Balaban J connectivity index is 2.24. The fourth-order valence-corrected chi connectivity index (χ4v) is 2.35. The van der Waals surface area contributed by atoms with Gasteiger partial charge in [0.15, 0.2) is 0 Å². The van der Waals surface area contributed by atoms with Crippen LogP contribution in [0.3, 0.4) is 0 Å². The van der Waals surface area contributed by atoms with Crippen molar-refractivity contribution in [3.63, 3.8) is 0 Å². The first-order valence-corrected chi connectivity index (χ1v) is 6.64. The van der Waals surface area contributed by atoms with Crippen molar-refractivity contribution in [2.75, 3.05) is 18.8 Å². The van der Waals surface area contributed by atoms with Crippen LogP contribution in [0.1, 0.15) is 29.3 Å². The van der Waals surface area contributed by atoms with Crippen LogP contribution in [0.25, 0.3) is 0 Å². The molecule has 0 aromatic heterocycles. The van der Waals surface area contributed by atoms with Gasteiger partial charge >= 0.3 is 6.18 Å². The van der Waals surface area contributed by atoms with Gasteiger partial charge in [-0.1, -0.05) is 6.92 Å². The number of carbonyl (C=O) groups is 1. The predicted octanol–water partition coefficient (Wildman–Crippen LogP) is 2.13. The number of piperidine rings is 1. The van der Waals surface area contributed by atoms with Gasteiger partial charge in [-0.15, -0.1) is 0 Å². The average molecular weight is 302 g/mol. The molecule has 21 heavy (non-hydrogen) atoms. The predicted molar refractivity (Wildman–Crippen MR) is 71.5 cm³/mol. The monoisotopic (exact) mass is 302 g/mol. The molecule has 1 fully saturated rings. The molecule has 0 bridgehead atoms. The summed E-state index contributed by atoms with van der Waals surface area (Å²) in [6.45, 7) is 2.42. The molecule has 2 unspecified atom stereocenters. The molecule has 0 spiro atoms. The normalized spacial score (nSPS) is 23.2. The molecule has 2 atom stereocenters. The lowest BCUT2D eigenvalue weighted by atomic mass is 9.95. The SMILES string of the molecule is CC1CCN(C(=O)c2ccc(N)c(C(F)(F)F)c2)CC1O. The summed E-state index contributed by atoms with van der Waals surface area (Å²) >= 11 is 0. The Kier molecular flexibility index (Phi) is 4.13. The Morgan fingerprint density at radius 3 is 2.67 bits per heavy atom. The van der Waals surface area contributed by atoms with Crippen molar-refractivity contribution in [2.24, 2.45) is 5.92 Å². The molecule has 1 heterocycles. The zero-order valence-corrected chi connectivity index (χ0v) is 11.5. The van der Waals surface area contributed by atoms with Crippen molar-refractivity contribution in [1.29, 1.82) is 0 Å². The number of hydrogen-bond acceptors (Lipinski definition) is 3. The third-order valence-corrected chi connectivity index (χ3v) is 3.81. The van der Waals surface area contributed by atoms with Crippen molar-refractivity contribution in [3.05, 3.63) is 29.3 Å². The molecule has 1 aromatic carbocycles. The molecule has 0 aliphatic carbocycles. The van der Waals surface area contributed by atoms with Crippen LogP contribution >= 0.6 is 0 Å². The van der Waals surface area contributed by atoms with Crippen LogP contribution in [0.4, 0.5) is 18.9 Å². The summed E-state index contributed by atoms with van der Waals surface area (Å²) in [6.07, 6.45) is -4.64. The van der Waals surface area contributed by atoms with Gasteiger partial charge in [-0.05, 0) is 30.5 Å². The van der Waals surface area contributed by atoms with Gasteiger partial charge in [-0.25, -0.2) is 0 Å². The summed E-state index contributed by atoms with van der Waals surface area (Å²) in [6, 6.07) is 3.12. The second-order valence-corrected chi connectivity index (χ2v) is 5.38. The number of carbonyl (C=O) groups excluding carboxylic acids is 1. The summed E-state index contributed by atoms with van der Waals surface area (Å²) < 4.78 is 38.4. The van der Waals surface area contributed by atoms with Crippen molar-refractivity contribution in [2.45, 2.75) is 25.6 Å². The molecule has 7 heteroatoms. The van der Waals surface area contributed by atoms with Crippen molar-refractivity contribution >= 4 is 11.6 Å². The lowest BCUT2D eigenvalue weighted by molar-refractivity contribution is -0.136. The van der Waals surface area contributed by atoms with Crippen LogP contribution < -0.4 is 5.73 Å². The quantitative estimate of drug-likeness (QED) is 0.781. The minimum Gasteiger partial charge on any atom is -0.398 e. The van der Waals surface area contributed by atoms with E-state index in [4.69, 9.17) is 5.73 Å². The van der Waals surface area contributed by atoms with Gasteiger partial charge in [0, 0.05) is 24.3 Å². The molecule has 4 nitrogen and oxygen atoms in total. The summed E-state index contributed by atoms with van der Waals surface area (Å²) in [5.74, 6) is -0.447. The minimum absolute atomic E-state index is 0.0710. The molecule has 0 saturated carbocycles. The van der Waals surface area contributed by atoms with Crippen molar-refractivity contribution in [3.8, 4) is 0 Å². The molecule has 1 amide bonds. The summed E-state index contributed by atoms with van der Waals surface area (Å²) in [5, 5.41) is 9.78. The highest BCUT2D eigenvalue weighted by molar-refractivity contribution is 5.95. The first kappa shape index (κ1) is 15.6. The number of alkyl halides is 3. The Hall–Kier alpha value is -1.76. The summed E-state index contributed by atoms with van der Waals surface area (Å²) in [4.78, 5) is 13.6. The first-order chi connectivity index (χ1) is 9.70. The van der Waals surface area contributed by atoms with Gasteiger partial charge in [0.25, 0.3) is 5.91 Å². The van der Waals surface area contributed by atoms with Gasteiger partial charge in [0.05, 0.1) is 11.7 Å². The Bertz CT molecular complexity index is 546. The molecular weight excluding hydrogens is 285 g/mol. The van der Waals surface area contributed by atoms with Gasteiger partial charge in [0.1, 0.15) is 0 Å². The summed E-state index contributed by atoms with van der Waals surface area (Å²) in [7, 11) is 0. The van der Waals surface area contributed by atoms with Crippen LogP contribution in [-0.2, 0) is 6.18 Å². The average Bonchev–Trinajstić information content (AvgIpc) is 2.40. The van der Waals surface area contributed by atoms with E-state index in [2.05, 4.69) is 0 Å². The highest BCUT2D eigenvalue weighted by atomic mass is 19.4. The molecule has 1 aromatic rings. The number of nitrogens with two attached hydrogens (primary N) is 1. The van der Waals surface area contributed by atoms with Gasteiger partial charge in [0.2, 0.25) is 0 Å². The Morgan fingerprint density at radius 1 is 1.43 bits per heavy atom. The van der Waals surface area contributed by atoms with Crippen LogP contribution in [-0.4, -0.2) is 35.1 Å². The molecule has 2 rings (SSSR count). The number of hydrogen-bond donors (Lipinski definition) is 2. The number of anilines is 1. The number of aliphatic hydroxyl groups is 1. The van der Waals surface area contributed by atoms with Gasteiger partial charge in [-0.2, -0.15) is 13.2 Å². The molecule has 0 radical (unpaired) electrons. The molecule has 1 aliphatic rings. The maximum Gasteiger partial charge on any atom is 0.418 e. The summed E-state index contributed by atoms with van der Waals surface area (Å²) in [5.41, 5.74) is 3.81. The van der Waals surface area contributed by atoms with Gasteiger partial charge in [-0.3, -0.25) is 4.79 Å². The number of aliphatic hydroxyl groups excluding tert-OH is 1. The number of nitrogen functional groups attached to an aromatic ring is 1. The molecule has 1 saturated heterocycles. The van der Waals surface area contributed by atoms with E-state index in [1.54, 1.807) is 0 Å². The van der Waals surface area contributed by atoms with Crippen LogP contribution in [0.2, 0.25) is 0 Å². The fourth-order valence-electron chi connectivity index (χ4n) is 2.35. The van der Waals surface area contributed by atoms with Crippen molar-refractivity contribution < 1.29 is 23.1 Å². The Labute approximate surface area is 120 Å². The van der Waals surface area contributed by atoms with E-state index < -0.39 is 29.4 Å². The lowest BCUT2D eigenvalue weighted by Gasteiger charge is -2.34. The number of likely N-dealkylation sites (tertiary alicyclic amines) is 1. The molecule has 116 valence electrons. The van der Waals surface area contributed by atoms with E-state index >= 15 is 0 Å². The van der Waals surface area contributed by atoms with E-state index in [1.807, 2.05) is 6.92 Å². The van der Waals surface area contributed by atoms with E-state index in [0.29, 0.717) is 13.0 Å². The van der Waals surface area contributed by atoms with Crippen LogP contribution in [0.15, 0.2) is 18.2 Å². The smallest absolute Gasteiger partial charge is 0.398 e. The third kappa shape index (κ3) is 3.29. The van der Waals surface area contributed by atoms with Crippen molar-refractivity contribution in [1.82, 2.24) is 4.90 Å². The molecule has 1 aliphatic heterocycles. The van der Waals surface area contributed by atoms with Crippen LogP contribution in [0, 0.1) is 5.92 Å². The number of benzene rings is 1. The van der Waals surface area contributed by atoms with E-state index in [0.717, 1.165) is 12.1 Å². The number of β-amino-alcohol motifs (C(OH)–C–C–N with tert-alkyl or cyclic N) is 1. The highest BCUT2D eigenvalue weighted by Crippen LogP contribution is 2.34. The molecular formula is C14H17F3N2O2. The van der Waals surface area contributed by atoms with E-state index in [1.165, 1.54) is 11.0 Å². The first-order valence-electron chi connectivity index (χ1n) is 6.64. The fraction of sp³-hybridized carbons (Fsp3) is 0.500. The topological polar surface area (TPSA) is 66.6 Å². The highest BCUT2D eigenvalue weighted by Gasteiger charge is 2.34. The zero-order chi connectivity index (χ0) is 15.8. The maximum atomic E-state index is 12.8. The number of amides is 1. The maximum absolute atomic E-state index is 12.8. The van der Waals surface area contributed by atoms with E-state index in [-0.39, 0.29) is 18.0 Å². The lowest BCUT2D eigenvalue weighted by Crippen LogP contribution is -2.45. The second kappa shape index (κ2) is 5.55. The molecule has 3 N–H and O–H groups in total. The minimum atomic E-state index is -4.60. The van der Waals surface area contributed by atoms with E-state index in [9.17, 15) is 23.1 Å². The van der Waals surface area contributed by atoms with Gasteiger partial charge < -0.3 is 15.7 Å². The largest absolute Gasteiger partial charge is 0.418 e. The zero-order valence-electron chi connectivity index (χ0n) is 11.5. The van der Waals surface area contributed by atoms with Crippen LogP contribution in [0.5, 0.6) is 0 Å². The standard InChI is InChI=1S/C14H17F3N2O2/c1-8-4-5-19(7-12(8)20)13(21)9-2-3-11(18)10(6-9)14(15,16)17/h2-3,6,8,12,20H,4-5,7,18H2,1H3. The number of nitrogens with zero attached hydrogens (tertiary/aromatic N) is 1. The number of rotatable bonds is 1. The second-order valence-electron chi connectivity index (χ2n) is 5.38. The Morgan fingerprint density at radius 2 is 2.10 bits per heavy atom.